The van der Waals surface area contributed by atoms with Gasteiger partial charge in [0.05, 0.1) is 42.9 Å². The number of nitrogens with zero attached hydrogens (tertiary/aromatic N) is 3. The number of likely N-dealkylation sites (tertiary alicyclic amines) is 1. The first-order valence-electron chi connectivity index (χ1n) is 8.66. The molecule has 1 aromatic heterocycles. The van der Waals surface area contributed by atoms with E-state index in [4.69, 9.17) is 14.5 Å². The quantitative estimate of drug-likeness (QED) is 0.787. The van der Waals surface area contributed by atoms with Crippen molar-refractivity contribution < 1.29 is 14.3 Å². The second-order valence-corrected chi connectivity index (χ2v) is 6.60. The fraction of sp³-hybridized carbons (Fsp3) is 0.556. The number of methoxy groups -OCH3 is 1. The van der Waals surface area contributed by atoms with Crippen LogP contribution in [0.4, 0.5) is 0 Å². The molecule has 0 bridgehead atoms. The summed E-state index contributed by atoms with van der Waals surface area (Å²) in [5.74, 6) is 0.745. The van der Waals surface area contributed by atoms with E-state index in [2.05, 4.69) is 9.47 Å². The molecule has 128 valence electrons. The Hall–Kier alpha value is -1.92. The number of carbonyl (C=O) groups is 1. The molecule has 0 N–H and O–H groups in total. The van der Waals surface area contributed by atoms with Gasteiger partial charge in [0.25, 0.3) is 0 Å². The molecule has 2 saturated heterocycles. The van der Waals surface area contributed by atoms with E-state index in [1.807, 2.05) is 12.1 Å². The average Bonchev–Trinajstić information content (AvgIpc) is 3.17. The standard InChI is InChI=1S/C18H23N3O3/c1-23-18(22)13-4-5-15-16(10-13)21(11-14-6-9-24-14)17(19-15)12-20-7-2-3-8-20/h4-5,10,14H,2-3,6-9,11-12H2,1H3. The average molecular weight is 329 g/mol. The van der Waals surface area contributed by atoms with Crippen LogP contribution in [0.1, 0.15) is 35.4 Å². The van der Waals surface area contributed by atoms with E-state index in [1.165, 1.54) is 20.0 Å². The van der Waals surface area contributed by atoms with Crippen molar-refractivity contribution in [2.45, 2.75) is 38.5 Å². The highest BCUT2D eigenvalue weighted by atomic mass is 16.5. The molecule has 0 aliphatic carbocycles. The lowest BCUT2D eigenvalue weighted by Gasteiger charge is -2.28. The number of imidazole rings is 1. The van der Waals surface area contributed by atoms with Gasteiger partial charge in [0.1, 0.15) is 5.82 Å². The van der Waals surface area contributed by atoms with Crippen LogP contribution < -0.4 is 0 Å². The number of ether oxygens (including phenoxy) is 2. The number of benzene rings is 1. The van der Waals surface area contributed by atoms with Gasteiger partial charge < -0.3 is 14.0 Å². The minimum absolute atomic E-state index is 0.251. The van der Waals surface area contributed by atoms with E-state index >= 15 is 0 Å². The Bertz CT molecular complexity index is 745. The first-order valence-corrected chi connectivity index (χ1v) is 8.66. The molecule has 3 heterocycles. The van der Waals surface area contributed by atoms with Gasteiger partial charge in [-0.3, -0.25) is 4.90 Å². The lowest BCUT2D eigenvalue weighted by atomic mass is 10.1. The van der Waals surface area contributed by atoms with E-state index < -0.39 is 0 Å². The topological polar surface area (TPSA) is 56.6 Å². The largest absolute Gasteiger partial charge is 0.465 e. The molecule has 0 saturated carbocycles. The molecule has 2 aliphatic heterocycles. The monoisotopic (exact) mass is 329 g/mol. The van der Waals surface area contributed by atoms with Crippen LogP contribution in [0.15, 0.2) is 18.2 Å². The van der Waals surface area contributed by atoms with Gasteiger partial charge in [-0.25, -0.2) is 9.78 Å². The Balaban J connectivity index is 1.71. The summed E-state index contributed by atoms with van der Waals surface area (Å²) >= 11 is 0. The van der Waals surface area contributed by atoms with Gasteiger partial charge >= 0.3 is 5.97 Å². The van der Waals surface area contributed by atoms with Gasteiger partial charge in [-0.15, -0.1) is 0 Å². The van der Waals surface area contributed by atoms with Crippen molar-refractivity contribution in [2.75, 3.05) is 26.8 Å². The molecule has 2 aliphatic rings. The summed E-state index contributed by atoms with van der Waals surface area (Å²) in [6.45, 7) is 4.76. The Morgan fingerprint density at radius 2 is 2.17 bits per heavy atom. The highest BCUT2D eigenvalue weighted by Crippen LogP contribution is 2.24. The Morgan fingerprint density at radius 3 is 2.83 bits per heavy atom. The van der Waals surface area contributed by atoms with Gasteiger partial charge in [-0.1, -0.05) is 0 Å². The van der Waals surface area contributed by atoms with Crippen LogP contribution >= 0.6 is 0 Å². The summed E-state index contributed by atoms with van der Waals surface area (Å²) in [6.07, 6.45) is 3.86. The Kier molecular flexibility index (Phi) is 4.24. The van der Waals surface area contributed by atoms with E-state index in [0.29, 0.717) is 5.56 Å². The molecule has 0 spiro atoms. The summed E-state index contributed by atoms with van der Waals surface area (Å²) in [7, 11) is 1.41. The van der Waals surface area contributed by atoms with Gasteiger partial charge in [0.2, 0.25) is 0 Å². The van der Waals surface area contributed by atoms with Gasteiger partial charge in [-0.2, -0.15) is 0 Å². The minimum Gasteiger partial charge on any atom is -0.465 e. The second kappa shape index (κ2) is 6.53. The predicted octanol–water partition coefficient (Wildman–Crippen LogP) is 2.21. The molecule has 4 rings (SSSR count). The molecular formula is C18H23N3O3. The Morgan fingerprint density at radius 1 is 1.38 bits per heavy atom. The van der Waals surface area contributed by atoms with Crippen molar-refractivity contribution in [3.8, 4) is 0 Å². The number of hydrogen-bond donors (Lipinski definition) is 0. The maximum Gasteiger partial charge on any atom is 0.337 e. The minimum atomic E-state index is -0.314. The first kappa shape index (κ1) is 15.6. The second-order valence-electron chi connectivity index (χ2n) is 6.60. The Labute approximate surface area is 141 Å². The lowest BCUT2D eigenvalue weighted by molar-refractivity contribution is -0.0591. The van der Waals surface area contributed by atoms with E-state index in [1.54, 1.807) is 6.07 Å². The van der Waals surface area contributed by atoms with Crippen LogP contribution in [-0.2, 0) is 22.6 Å². The third-order valence-corrected chi connectivity index (χ3v) is 4.99. The SMILES string of the molecule is COC(=O)c1ccc2nc(CN3CCCC3)n(CC3CCO3)c2c1. The van der Waals surface area contributed by atoms with Crippen molar-refractivity contribution in [1.29, 1.82) is 0 Å². The van der Waals surface area contributed by atoms with Gasteiger partial charge in [0.15, 0.2) is 0 Å². The number of aromatic nitrogens is 2. The summed E-state index contributed by atoms with van der Waals surface area (Å²) in [5.41, 5.74) is 2.48. The highest BCUT2D eigenvalue weighted by molar-refractivity contribution is 5.93. The van der Waals surface area contributed by atoms with Crippen molar-refractivity contribution >= 4 is 17.0 Å². The molecule has 6 nitrogen and oxygen atoms in total. The van der Waals surface area contributed by atoms with Crippen LogP contribution in [0.3, 0.4) is 0 Å². The summed E-state index contributed by atoms with van der Waals surface area (Å²) < 4.78 is 12.7. The first-order chi connectivity index (χ1) is 11.7. The zero-order chi connectivity index (χ0) is 16.5. The van der Waals surface area contributed by atoms with Crippen LogP contribution in [0.25, 0.3) is 11.0 Å². The highest BCUT2D eigenvalue weighted by Gasteiger charge is 2.24. The van der Waals surface area contributed by atoms with Crippen molar-refractivity contribution in [1.82, 2.24) is 14.5 Å². The number of esters is 1. The van der Waals surface area contributed by atoms with Crippen LogP contribution in [0.2, 0.25) is 0 Å². The normalized spacial score (nSPS) is 21.1. The van der Waals surface area contributed by atoms with Crippen LogP contribution in [0.5, 0.6) is 0 Å². The molecule has 1 atom stereocenters. The fourth-order valence-corrected chi connectivity index (χ4v) is 3.51. The smallest absolute Gasteiger partial charge is 0.337 e. The maximum atomic E-state index is 11.9. The lowest BCUT2D eigenvalue weighted by Crippen LogP contribution is -2.32. The molecule has 24 heavy (non-hydrogen) atoms. The molecular weight excluding hydrogens is 306 g/mol. The number of carbonyl (C=O) groups excluding carboxylic acids is 1. The molecule has 1 unspecified atom stereocenters. The zero-order valence-corrected chi connectivity index (χ0v) is 14.0. The van der Waals surface area contributed by atoms with E-state index in [9.17, 15) is 4.79 Å². The zero-order valence-electron chi connectivity index (χ0n) is 14.0. The molecule has 2 fully saturated rings. The van der Waals surface area contributed by atoms with Gasteiger partial charge in [-0.05, 0) is 50.6 Å². The van der Waals surface area contributed by atoms with E-state index in [0.717, 1.165) is 56.1 Å². The number of hydrogen-bond acceptors (Lipinski definition) is 5. The maximum absolute atomic E-state index is 11.9. The van der Waals surface area contributed by atoms with E-state index in [-0.39, 0.29) is 12.1 Å². The molecule has 0 amide bonds. The number of fused-ring (bicyclic) bond motifs is 1. The fourth-order valence-electron chi connectivity index (χ4n) is 3.51. The number of rotatable bonds is 5. The van der Waals surface area contributed by atoms with Crippen molar-refractivity contribution in [3.05, 3.63) is 29.6 Å². The van der Waals surface area contributed by atoms with Crippen LogP contribution in [0, 0.1) is 0 Å². The summed E-state index contributed by atoms with van der Waals surface area (Å²) in [6, 6.07) is 5.58. The van der Waals surface area contributed by atoms with Crippen LogP contribution in [-0.4, -0.2) is 53.3 Å². The molecule has 1 aromatic carbocycles. The molecule has 2 aromatic rings. The van der Waals surface area contributed by atoms with Crippen molar-refractivity contribution in [3.63, 3.8) is 0 Å². The van der Waals surface area contributed by atoms with Crippen molar-refractivity contribution in [2.24, 2.45) is 0 Å². The summed E-state index contributed by atoms with van der Waals surface area (Å²) in [5, 5.41) is 0. The third-order valence-electron chi connectivity index (χ3n) is 4.99. The molecule has 6 heteroatoms. The molecule has 0 radical (unpaired) electrons. The van der Waals surface area contributed by atoms with Gasteiger partial charge in [0, 0.05) is 6.61 Å². The summed E-state index contributed by atoms with van der Waals surface area (Å²) in [4.78, 5) is 19.1. The third kappa shape index (κ3) is 2.91. The predicted molar refractivity (Wildman–Crippen MR) is 89.9 cm³/mol.